The summed E-state index contributed by atoms with van der Waals surface area (Å²) in [4.78, 5) is 79.0. The van der Waals surface area contributed by atoms with E-state index in [-0.39, 0.29) is 29.2 Å². The molecule has 23 nitrogen and oxygen atoms in total. The number of carbonyl (C=O) groups is 3. The Bertz CT molecular complexity index is 5790. The molecule has 9 heterocycles. The van der Waals surface area contributed by atoms with E-state index in [9.17, 15) is 14.4 Å². The quantitative estimate of drug-likeness (QED) is 0.0473. The highest BCUT2D eigenvalue weighted by atomic mass is 16.2. The Morgan fingerprint density at radius 3 is 1.23 bits per heavy atom. The highest BCUT2D eigenvalue weighted by Crippen LogP contribution is 2.41. The molecule has 0 radical (unpaired) electrons. The summed E-state index contributed by atoms with van der Waals surface area (Å²) in [5, 5.41) is 8.36. The third kappa shape index (κ3) is 13.6. The maximum absolute atomic E-state index is 12.4. The summed E-state index contributed by atoms with van der Waals surface area (Å²) in [6, 6.07) is 71.7. The molecule has 0 bridgehead atoms. The Labute approximate surface area is 609 Å². The van der Waals surface area contributed by atoms with E-state index < -0.39 is 0 Å². The molecular formula is C83H74N20O3. The summed E-state index contributed by atoms with van der Waals surface area (Å²) in [6.45, 7) is 0.456. The van der Waals surface area contributed by atoms with Gasteiger partial charge in [-0.3, -0.25) is 28.1 Å². The zero-order valence-electron chi connectivity index (χ0n) is 58.1. The SMILES string of the molecule is CNC(=O)c1cccc(-c2ccc3nc(-c4cccnc4N)n(-c4ccc(C5(N)CCC5)cc4)c3n2)c1.CNC(=O)c1cccc(-c2ccc3nc(-c4cccnc4N)n(-c4ccc(CN)cc4)c3n2)c1.Nc1ncccc1-c1nc2ccc(-c3ccccc3)nc2n1-c1ccc(NC(=O)C2CCC2)cc1. The number of amides is 3. The maximum atomic E-state index is 12.4. The molecule has 23 heteroatoms. The highest BCUT2D eigenvalue weighted by molar-refractivity contribution is 5.97. The van der Waals surface area contributed by atoms with E-state index in [2.05, 4.69) is 55.2 Å². The second-order valence-corrected chi connectivity index (χ2v) is 26.0. The van der Waals surface area contributed by atoms with Crippen molar-refractivity contribution in [3.05, 3.63) is 265 Å². The fourth-order valence-electron chi connectivity index (χ4n) is 13.2. The fraction of sp³-hybridized carbons (Fsp3) is 0.133. The van der Waals surface area contributed by atoms with Gasteiger partial charge in [-0.05, 0) is 189 Å². The van der Waals surface area contributed by atoms with E-state index in [1.807, 2.05) is 202 Å². The van der Waals surface area contributed by atoms with E-state index >= 15 is 0 Å². The molecule has 15 aromatic rings. The summed E-state index contributed by atoms with van der Waals surface area (Å²) in [5.41, 5.74) is 49.0. The van der Waals surface area contributed by atoms with Crippen molar-refractivity contribution in [2.75, 3.05) is 36.6 Å². The molecule has 3 amide bonds. The third-order valence-corrected chi connectivity index (χ3v) is 19.4. The van der Waals surface area contributed by atoms with Gasteiger partial charge in [0.05, 0.1) is 33.8 Å². The molecule has 2 saturated carbocycles. The normalized spacial score (nSPS) is 13.0. The molecule has 2 aliphatic carbocycles. The number of nitrogen functional groups attached to an aromatic ring is 3. The van der Waals surface area contributed by atoms with Crippen LogP contribution in [-0.2, 0) is 16.9 Å². The van der Waals surface area contributed by atoms with Crippen LogP contribution < -0.4 is 44.6 Å². The number of nitrogens with zero attached hydrogens (tertiary/aromatic N) is 12. The van der Waals surface area contributed by atoms with Crippen molar-refractivity contribution in [2.45, 2.75) is 50.6 Å². The fourth-order valence-corrected chi connectivity index (χ4v) is 13.2. The molecule has 0 saturated heterocycles. The highest BCUT2D eigenvalue weighted by Gasteiger charge is 2.34. The van der Waals surface area contributed by atoms with Crippen LogP contribution in [0.1, 0.15) is 70.4 Å². The van der Waals surface area contributed by atoms with Crippen LogP contribution in [0.25, 0.3) is 118 Å². The molecule has 0 atom stereocenters. The number of hydrogen-bond acceptors (Lipinski definition) is 17. The molecule has 9 aromatic heterocycles. The van der Waals surface area contributed by atoms with Gasteiger partial charge in [0.15, 0.2) is 34.4 Å². The number of nitrogens with one attached hydrogen (secondary N) is 3. The smallest absolute Gasteiger partial charge is 0.251 e. The number of nitrogens with two attached hydrogens (primary N) is 5. The average molecular weight is 1400 g/mol. The van der Waals surface area contributed by atoms with Crippen LogP contribution >= 0.6 is 0 Å². The van der Waals surface area contributed by atoms with Crippen LogP contribution in [0.5, 0.6) is 0 Å². The van der Waals surface area contributed by atoms with Crippen molar-refractivity contribution >= 4 is 74.4 Å². The van der Waals surface area contributed by atoms with Crippen LogP contribution in [0.2, 0.25) is 0 Å². The van der Waals surface area contributed by atoms with Crippen LogP contribution in [0.3, 0.4) is 0 Å². The summed E-state index contributed by atoms with van der Waals surface area (Å²) >= 11 is 0. The molecule has 0 spiro atoms. The largest absolute Gasteiger partial charge is 0.383 e. The second-order valence-electron chi connectivity index (χ2n) is 26.0. The van der Waals surface area contributed by atoms with Gasteiger partial charge >= 0.3 is 0 Å². The molecule has 6 aromatic carbocycles. The summed E-state index contributed by atoms with van der Waals surface area (Å²) in [5.74, 6) is 3.07. The monoisotopic (exact) mass is 1400 g/mol. The van der Waals surface area contributed by atoms with E-state index in [1.165, 1.54) is 0 Å². The zero-order chi connectivity index (χ0) is 73.0. The first-order chi connectivity index (χ1) is 51.7. The van der Waals surface area contributed by atoms with Gasteiger partial charge in [0.25, 0.3) is 11.8 Å². The van der Waals surface area contributed by atoms with Crippen molar-refractivity contribution in [1.82, 2.24) is 69.2 Å². The first-order valence-corrected chi connectivity index (χ1v) is 34.8. The summed E-state index contributed by atoms with van der Waals surface area (Å²) in [7, 11) is 3.23. The number of anilines is 4. The van der Waals surface area contributed by atoms with E-state index in [0.717, 1.165) is 134 Å². The lowest BCUT2D eigenvalue weighted by atomic mass is 9.73. The number of carbonyl (C=O) groups excluding carboxylic acids is 3. The summed E-state index contributed by atoms with van der Waals surface area (Å²) in [6.07, 6.45) is 11.2. The number of hydrogen-bond donors (Lipinski definition) is 8. The van der Waals surface area contributed by atoms with E-state index in [1.54, 1.807) is 44.8 Å². The van der Waals surface area contributed by atoms with Gasteiger partial charge in [0, 0.05) is 101 Å². The van der Waals surface area contributed by atoms with Gasteiger partial charge in [0.2, 0.25) is 5.91 Å². The molecular weight excluding hydrogens is 1330 g/mol. The Balaban J connectivity index is 0.000000127. The number of fused-ring (bicyclic) bond motifs is 3. The molecule has 106 heavy (non-hydrogen) atoms. The molecule has 13 N–H and O–H groups in total. The molecule has 0 unspecified atom stereocenters. The first-order valence-electron chi connectivity index (χ1n) is 34.8. The third-order valence-electron chi connectivity index (χ3n) is 19.4. The number of aromatic nitrogens is 12. The second kappa shape index (κ2) is 29.4. The lowest BCUT2D eigenvalue weighted by molar-refractivity contribution is -0.122. The molecule has 2 fully saturated rings. The van der Waals surface area contributed by atoms with Crippen molar-refractivity contribution in [1.29, 1.82) is 0 Å². The van der Waals surface area contributed by atoms with Crippen molar-refractivity contribution in [3.8, 4) is 85.0 Å². The number of rotatable bonds is 15. The zero-order valence-corrected chi connectivity index (χ0v) is 58.1. The van der Waals surface area contributed by atoms with Gasteiger partial charge < -0.3 is 44.6 Å². The minimum atomic E-state index is -0.243. The lowest BCUT2D eigenvalue weighted by Gasteiger charge is -2.38. The Kier molecular flexibility index (Phi) is 18.9. The maximum Gasteiger partial charge on any atom is 0.251 e. The van der Waals surface area contributed by atoms with Crippen LogP contribution in [0, 0.1) is 5.92 Å². The molecule has 17 rings (SSSR count). The van der Waals surface area contributed by atoms with Gasteiger partial charge in [-0.25, -0.2) is 44.9 Å². The van der Waals surface area contributed by atoms with Crippen molar-refractivity contribution in [2.24, 2.45) is 17.4 Å². The minimum Gasteiger partial charge on any atom is -0.383 e. The minimum absolute atomic E-state index is 0.0927. The average Bonchev–Trinajstić information content (AvgIpc) is 1.60. The first kappa shape index (κ1) is 68.1. The standard InChI is InChI=1S/C29H27N7O.C28H24N6O.C26H23N7O/c1-32-28(37)19-6-2-5-18(17-19)23-12-13-24-27(34-23)36(26(35-24)22-7-3-16-33-25(22)30)21-10-8-20(9-11-21)29(31)14-4-15-29;29-25-22(10-5-17-30-25)26-33-24-16-15-23(18-6-2-1-3-7-18)32-27(24)34(26)21-13-11-20(12-14-21)31-28(35)19-8-4-9-19;1-29-26(34)18-5-2-4-17(14-18)21-11-12-22-25(31-21)33(19-9-7-16(15-27)8-10-19)24(32-22)20-6-3-13-30-23(20)28/h2-3,5-13,16-17H,4,14-15,31H2,1H3,(H2,30,33)(H,32,37);1-3,5-7,10-17,19H,4,8-9H2,(H2,29,30)(H,31,35);2-14H,15,27H2,1H3,(H2,28,30)(H,29,34). The van der Waals surface area contributed by atoms with E-state index in [0.29, 0.717) is 75.0 Å². The van der Waals surface area contributed by atoms with Crippen molar-refractivity contribution < 1.29 is 14.4 Å². The Hall–Kier alpha value is -13.6. The van der Waals surface area contributed by atoms with Gasteiger partial charge in [0.1, 0.15) is 34.0 Å². The number of imidazole rings is 3. The molecule has 524 valence electrons. The van der Waals surface area contributed by atoms with Crippen LogP contribution in [-0.4, -0.2) is 90.4 Å². The van der Waals surface area contributed by atoms with Gasteiger partial charge in [-0.2, -0.15) is 0 Å². The predicted molar refractivity (Wildman–Crippen MR) is 416 cm³/mol. The topological polar surface area (TPSA) is 348 Å². The van der Waals surface area contributed by atoms with Crippen LogP contribution in [0.15, 0.2) is 243 Å². The van der Waals surface area contributed by atoms with Gasteiger partial charge in [-0.15, -0.1) is 0 Å². The van der Waals surface area contributed by atoms with Crippen molar-refractivity contribution in [3.63, 3.8) is 0 Å². The molecule has 0 aliphatic heterocycles. The Morgan fingerprint density at radius 2 is 0.849 bits per heavy atom. The summed E-state index contributed by atoms with van der Waals surface area (Å²) < 4.78 is 5.96. The Morgan fingerprint density at radius 1 is 0.443 bits per heavy atom. The lowest BCUT2D eigenvalue weighted by Crippen LogP contribution is -2.43. The van der Waals surface area contributed by atoms with Crippen LogP contribution in [0.4, 0.5) is 23.1 Å². The van der Waals surface area contributed by atoms with E-state index in [4.69, 9.17) is 58.6 Å². The number of benzene rings is 6. The van der Waals surface area contributed by atoms with Gasteiger partial charge in [-0.1, -0.05) is 85.3 Å². The predicted octanol–water partition coefficient (Wildman–Crippen LogP) is 13.4. The number of pyridine rings is 6. The molecule has 2 aliphatic rings.